The molecule has 1 aliphatic heterocycles. The van der Waals surface area contributed by atoms with Gasteiger partial charge in [0.2, 0.25) is 5.91 Å². The number of hydrogen-bond donors (Lipinski definition) is 2. The number of ether oxygens (including phenoxy) is 1. The number of rotatable bonds is 4. The van der Waals surface area contributed by atoms with Crippen LogP contribution >= 0.6 is 0 Å². The predicted molar refractivity (Wildman–Crippen MR) is 76.1 cm³/mol. The summed E-state index contributed by atoms with van der Waals surface area (Å²) in [4.78, 5) is 13.8. The van der Waals surface area contributed by atoms with E-state index in [9.17, 15) is 4.79 Å². The number of hydrogen-bond acceptors (Lipinski definition) is 4. The lowest BCUT2D eigenvalue weighted by Gasteiger charge is -2.26. The Morgan fingerprint density at radius 2 is 2.16 bits per heavy atom. The summed E-state index contributed by atoms with van der Waals surface area (Å²) in [5.74, 6) is 0.183. The molecule has 0 atom stereocenters. The molecule has 104 valence electrons. The zero-order valence-corrected chi connectivity index (χ0v) is 11.3. The standard InChI is InChI=1S/C14H21N3O2/c1-11-10-12(2-3-13(11)15)16-5-4-14(18)17-6-8-19-9-7-17/h2-3,10,16H,4-9,15H2,1H3. The van der Waals surface area contributed by atoms with E-state index >= 15 is 0 Å². The first-order valence-electron chi connectivity index (χ1n) is 6.62. The monoisotopic (exact) mass is 263 g/mol. The lowest BCUT2D eigenvalue weighted by molar-refractivity contribution is -0.134. The molecule has 1 aromatic rings. The van der Waals surface area contributed by atoms with Gasteiger partial charge >= 0.3 is 0 Å². The Morgan fingerprint density at radius 1 is 1.42 bits per heavy atom. The van der Waals surface area contributed by atoms with E-state index in [1.807, 2.05) is 30.0 Å². The van der Waals surface area contributed by atoms with Crippen LogP contribution < -0.4 is 11.1 Å². The molecule has 0 spiro atoms. The van der Waals surface area contributed by atoms with E-state index in [0.717, 1.165) is 16.9 Å². The second-order valence-corrected chi connectivity index (χ2v) is 4.74. The van der Waals surface area contributed by atoms with Crippen LogP contribution in [0.5, 0.6) is 0 Å². The molecule has 0 radical (unpaired) electrons. The molecule has 2 rings (SSSR count). The van der Waals surface area contributed by atoms with Crippen molar-refractivity contribution >= 4 is 17.3 Å². The lowest BCUT2D eigenvalue weighted by atomic mass is 10.2. The molecule has 0 saturated carbocycles. The zero-order chi connectivity index (χ0) is 13.7. The first-order valence-corrected chi connectivity index (χ1v) is 6.62. The largest absolute Gasteiger partial charge is 0.399 e. The van der Waals surface area contributed by atoms with Gasteiger partial charge in [-0.05, 0) is 30.7 Å². The third-order valence-electron chi connectivity index (χ3n) is 3.30. The molecule has 1 saturated heterocycles. The van der Waals surface area contributed by atoms with Gasteiger partial charge in [-0.1, -0.05) is 0 Å². The van der Waals surface area contributed by atoms with Crippen molar-refractivity contribution in [3.63, 3.8) is 0 Å². The minimum Gasteiger partial charge on any atom is -0.399 e. The first kappa shape index (κ1) is 13.7. The van der Waals surface area contributed by atoms with Crippen molar-refractivity contribution in [3.05, 3.63) is 23.8 Å². The fourth-order valence-corrected chi connectivity index (χ4v) is 2.07. The lowest BCUT2D eigenvalue weighted by Crippen LogP contribution is -2.41. The van der Waals surface area contributed by atoms with Crippen LogP contribution in [0.15, 0.2) is 18.2 Å². The van der Waals surface area contributed by atoms with Crippen molar-refractivity contribution in [2.24, 2.45) is 0 Å². The van der Waals surface area contributed by atoms with E-state index in [0.29, 0.717) is 39.3 Å². The number of amides is 1. The third kappa shape index (κ3) is 3.86. The second-order valence-electron chi connectivity index (χ2n) is 4.74. The van der Waals surface area contributed by atoms with Crippen LogP contribution in [0, 0.1) is 6.92 Å². The molecule has 1 fully saturated rings. The molecule has 1 heterocycles. The number of anilines is 2. The van der Waals surface area contributed by atoms with Crippen molar-refractivity contribution in [3.8, 4) is 0 Å². The number of nitrogens with zero attached hydrogens (tertiary/aromatic N) is 1. The van der Waals surface area contributed by atoms with E-state index in [-0.39, 0.29) is 5.91 Å². The number of nitrogens with two attached hydrogens (primary N) is 1. The Balaban J connectivity index is 1.76. The van der Waals surface area contributed by atoms with Gasteiger partial charge in [0.15, 0.2) is 0 Å². The summed E-state index contributed by atoms with van der Waals surface area (Å²) in [7, 11) is 0. The van der Waals surface area contributed by atoms with Gasteiger partial charge in [-0.2, -0.15) is 0 Å². The van der Waals surface area contributed by atoms with Gasteiger partial charge in [0.1, 0.15) is 0 Å². The molecule has 0 aromatic heterocycles. The average molecular weight is 263 g/mol. The SMILES string of the molecule is Cc1cc(NCCC(=O)N2CCOCC2)ccc1N. The Morgan fingerprint density at radius 3 is 2.84 bits per heavy atom. The van der Waals surface area contributed by atoms with Crippen molar-refractivity contribution in [2.75, 3.05) is 43.9 Å². The first-order chi connectivity index (χ1) is 9.16. The summed E-state index contributed by atoms with van der Waals surface area (Å²) in [5.41, 5.74) is 8.60. The summed E-state index contributed by atoms with van der Waals surface area (Å²) in [6.07, 6.45) is 0.503. The van der Waals surface area contributed by atoms with Gasteiger partial charge in [-0.3, -0.25) is 4.79 Å². The normalized spacial score (nSPS) is 15.3. The number of carbonyl (C=O) groups is 1. The molecule has 5 heteroatoms. The van der Waals surface area contributed by atoms with Crippen molar-refractivity contribution in [1.29, 1.82) is 0 Å². The molecule has 3 N–H and O–H groups in total. The van der Waals surface area contributed by atoms with Crippen LogP contribution in [-0.4, -0.2) is 43.7 Å². The van der Waals surface area contributed by atoms with Gasteiger partial charge in [0.05, 0.1) is 13.2 Å². The van der Waals surface area contributed by atoms with E-state index in [2.05, 4.69) is 5.32 Å². The average Bonchev–Trinajstić information content (AvgIpc) is 2.43. The van der Waals surface area contributed by atoms with Gasteiger partial charge in [0.25, 0.3) is 0 Å². The highest BCUT2D eigenvalue weighted by Crippen LogP contribution is 2.16. The molecule has 1 aromatic carbocycles. The van der Waals surface area contributed by atoms with E-state index in [1.54, 1.807) is 0 Å². The molecular weight excluding hydrogens is 242 g/mol. The molecule has 1 amide bonds. The summed E-state index contributed by atoms with van der Waals surface area (Å²) < 4.78 is 5.23. The maximum Gasteiger partial charge on any atom is 0.224 e. The van der Waals surface area contributed by atoms with Crippen molar-refractivity contribution < 1.29 is 9.53 Å². The van der Waals surface area contributed by atoms with Crippen LogP contribution in [0.3, 0.4) is 0 Å². The number of aryl methyl sites for hydroxylation is 1. The molecule has 0 unspecified atom stereocenters. The topological polar surface area (TPSA) is 67.6 Å². The maximum atomic E-state index is 11.9. The maximum absolute atomic E-state index is 11.9. The van der Waals surface area contributed by atoms with Crippen molar-refractivity contribution in [2.45, 2.75) is 13.3 Å². The van der Waals surface area contributed by atoms with E-state index < -0.39 is 0 Å². The summed E-state index contributed by atoms with van der Waals surface area (Å²) in [5, 5.41) is 3.25. The van der Waals surface area contributed by atoms with E-state index in [4.69, 9.17) is 10.5 Å². The molecule has 5 nitrogen and oxygen atoms in total. The molecule has 0 aliphatic carbocycles. The fourth-order valence-electron chi connectivity index (χ4n) is 2.07. The summed E-state index contributed by atoms with van der Waals surface area (Å²) in [6, 6.07) is 5.80. The zero-order valence-electron chi connectivity index (χ0n) is 11.3. The Labute approximate surface area is 113 Å². The Bertz CT molecular complexity index is 442. The Hall–Kier alpha value is -1.75. The van der Waals surface area contributed by atoms with Crippen LogP contribution in [-0.2, 0) is 9.53 Å². The molecule has 19 heavy (non-hydrogen) atoms. The summed E-state index contributed by atoms with van der Waals surface area (Å²) in [6.45, 7) is 5.32. The van der Waals surface area contributed by atoms with Gasteiger partial charge in [0, 0.05) is 37.4 Å². The minimum absolute atomic E-state index is 0.183. The highest BCUT2D eigenvalue weighted by molar-refractivity contribution is 5.76. The van der Waals surface area contributed by atoms with Crippen LogP contribution in [0.25, 0.3) is 0 Å². The van der Waals surface area contributed by atoms with Crippen molar-refractivity contribution in [1.82, 2.24) is 4.90 Å². The van der Waals surface area contributed by atoms with Crippen LogP contribution in [0.2, 0.25) is 0 Å². The highest BCUT2D eigenvalue weighted by Gasteiger charge is 2.15. The Kier molecular flexibility index (Phi) is 4.63. The van der Waals surface area contributed by atoms with E-state index in [1.165, 1.54) is 0 Å². The van der Waals surface area contributed by atoms with Gasteiger partial charge < -0.3 is 20.7 Å². The molecular formula is C14H21N3O2. The molecule has 1 aliphatic rings. The fraction of sp³-hybridized carbons (Fsp3) is 0.500. The summed E-state index contributed by atoms with van der Waals surface area (Å²) >= 11 is 0. The van der Waals surface area contributed by atoms with Crippen LogP contribution in [0.1, 0.15) is 12.0 Å². The number of morpholine rings is 1. The highest BCUT2D eigenvalue weighted by atomic mass is 16.5. The second kappa shape index (κ2) is 6.43. The van der Waals surface area contributed by atoms with Crippen LogP contribution in [0.4, 0.5) is 11.4 Å². The third-order valence-corrected chi connectivity index (χ3v) is 3.30. The number of benzene rings is 1. The number of nitrogens with one attached hydrogen (secondary N) is 1. The minimum atomic E-state index is 0.183. The number of carbonyl (C=O) groups excluding carboxylic acids is 1. The predicted octanol–water partition coefficient (Wildman–Crippen LogP) is 1.24. The molecule has 0 bridgehead atoms. The number of nitrogen functional groups attached to an aromatic ring is 1. The van der Waals surface area contributed by atoms with Gasteiger partial charge in [-0.15, -0.1) is 0 Å². The smallest absolute Gasteiger partial charge is 0.224 e. The quantitative estimate of drug-likeness (QED) is 0.802. The van der Waals surface area contributed by atoms with Gasteiger partial charge in [-0.25, -0.2) is 0 Å².